The number of ether oxygens (including phenoxy) is 1. The van der Waals surface area contributed by atoms with Gasteiger partial charge in [-0.2, -0.15) is 13.1 Å². The second-order valence-corrected chi connectivity index (χ2v) is 7.40. The van der Waals surface area contributed by atoms with Crippen molar-refractivity contribution in [1.82, 2.24) is 9.44 Å². The molecule has 0 rings (SSSR count). The van der Waals surface area contributed by atoms with E-state index in [4.69, 9.17) is 16.3 Å². The Morgan fingerprint density at radius 1 is 1.32 bits per heavy atom. The van der Waals surface area contributed by atoms with Gasteiger partial charge in [-0.3, -0.25) is 0 Å². The number of carbonyl (C=O) groups excluding carboxylic acids is 1. The summed E-state index contributed by atoms with van der Waals surface area (Å²) in [5, 5.41) is 0. The second-order valence-electron chi connectivity index (χ2n) is 5.57. The quantitative estimate of drug-likeness (QED) is 0.734. The molecule has 0 aliphatic carbocycles. The zero-order chi connectivity index (χ0) is 15.3. The molecule has 0 saturated carbocycles. The first-order valence-corrected chi connectivity index (χ1v) is 8.06. The molecule has 6 nitrogen and oxygen atoms in total. The summed E-state index contributed by atoms with van der Waals surface area (Å²) in [7, 11) is -3.96. The van der Waals surface area contributed by atoms with Crippen molar-refractivity contribution in [3.63, 3.8) is 0 Å². The molecule has 19 heavy (non-hydrogen) atoms. The summed E-state index contributed by atoms with van der Waals surface area (Å²) < 4.78 is 32.5. The van der Waals surface area contributed by atoms with Crippen molar-refractivity contribution >= 4 is 27.9 Å². The molecule has 0 saturated heterocycles. The Kier molecular flexibility index (Phi) is 7.10. The molecule has 0 aromatic carbocycles. The zero-order valence-electron chi connectivity index (χ0n) is 12.0. The fourth-order valence-corrected chi connectivity index (χ4v) is 2.73. The molecule has 0 radical (unpaired) electrons. The fourth-order valence-electron chi connectivity index (χ4n) is 1.34. The van der Waals surface area contributed by atoms with Gasteiger partial charge >= 0.3 is 16.3 Å². The van der Waals surface area contributed by atoms with E-state index in [0.29, 0.717) is 12.3 Å². The van der Waals surface area contributed by atoms with E-state index in [-0.39, 0.29) is 11.5 Å². The first-order chi connectivity index (χ1) is 8.48. The minimum Gasteiger partial charge on any atom is -0.446 e. The van der Waals surface area contributed by atoms with Crippen molar-refractivity contribution in [2.45, 2.75) is 53.2 Å². The number of nitrogens with one attached hydrogen (secondary N) is 2. The molecule has 0 fully saturated rings. The maximum Gasteiger partial charge on any atom is 0.422 e. The highest BCUT2D eigenvalue weighted by Crippen LogP contribution is 2.22. The number of halogens is 1. The number of hydrogen-bond donors (Lipinski definition) is 2. The zero-order valence-corrected chi connectivity index (χ0v) is 13.6. The molecule has 0 bridgehead atoms. The fraction of sp³-hybridized carbons (Fsp3) is 0.909. The highest BCUT2D eigenvalue weighted by Gasteiger charge is 2.29. The summed E-state index contributed by atoms with van der Waals surface area (Å²) >= 11 is 5.66. The molecule has 0 heterocycles. The van der Waals surface area contributed by atoms with Gasteiger partial charge in [0.15, 0.2) is 0 Å². The van der Waals surface area contributed by atoms with E-state index in [1.54, 1.807) is 18.6 Å². The maximum atomic E-state index is 11.8. The highest BCUT2D eigenvalue weighted by molar-refractivity contribution is 7.88. The first-order valence-electron chi connectivity index (χ1n) is 6.04. The van der Waals surface area contributed by atoms with Crippen LogP contribution in [-0.2, 0) is 14.9 Å². The minimum absolute atomic E-state index is 0.314. The van der Waals surface area contributed by atoms with Crippen LogP contribution in [0.25, 0.3) is 0 Å². The number of rotatable bonds is 6. The topological polar surface area (TPSA) is 84.5 Å². The first kappa shape index (κ1) is 18.5. The predicted molar refractivity (Wildman–Crippen MR) is 75.4 cm³/mol. The number of alkyl halides is 1. The van der Waals surface area contributed by atoms with Gasteiger partial charge in [-0.25, -0.2) is 9.52 Å². The Bertz CT molecular complexity index is 390. The van der Waals surface area contributed by atoms with Gasteiger partial charge in [0.1, 0.15) is 0 Å². The highest BCUT2D eigenvalue weighted by atomic mass is 35.5. The molecular formula is C11H23ClN2O4S. The van der Waals surface area contributed by atoms with Crippen molar-refractivity contribution in [1.29, 1.82) is 0 Å². The molecule has 0 spiro atoms. The van der Waals surface area contributed by atoms with E-state index >= 15 is 0 Å². The van der Waals surface area contributed by atoms with E-state index in [9.17, 15) is 13.2 Å². The third kappa shape index (κ3) is 8.28. The van der Waals surface area contributed by atoms with Crippen molar-refractivity contribution in [3.8, 4) is 0 Å². The summed E-state index contributed by atoms with van der Waals surface area (Å²) in [6.07, 6.45) is -0.928. The average molecular weight is 315 g/mol. The van der Waals surface area contributed by atoms with Crippen LogP contribution >= 0.6 is 11.6 Å². The Labute approximate surface area is 120 Å². The Balaban J connectivity index is 4.69. The predicted octanol–water partition coefficient (Wildman–Crippen LogP) is 2.00. The van der Waals surface area contributed by atoms with Gasteiger partial charge < -0.3 is 4.74 Å². The van der Waals surface area contributed by atoms with Crippen LogP contribution in [0.2, 0.25) is 0 Å². The van der Waals surface area contributed by atoms with Crippen LogP contribution in [-0.4, -0.2) is 32.5 Å². The van der Waals surface area contributed by atoms with E-state index in [1.807, 2.05) is 20.8 Å². The van der Waals surface area contributed by atoms with Crippen LogP contribution in [0.4, 0.5) is 4.79 Å². The van der Waals surface area contributed by atoms with Crippen molar-refractivity contribution in [2.75, 3.05) is 5.88 Å². The third-order valence-electron chi connectivity index (χ3n) is 2.30. The number of hydrogen-bond acceptors (Lipinski definition) is 4. The molecule has 0 aliphatic rings. The Morgan fingerprint density at radius 3 is 2.21 bits per heavy atom. The van der Waals surface area contributed by atoms with Crippen LogP contribution in [0.1, 0.15) is 41.0 Å². The van der Waals surface area contributed by atoms with Gasteiger partial charge in [0.2, 0.25) is 0 Å². The lowest BCUT2D eigenvalue weighted by Crippen LogP contribution is -2.50. The lowest BCUT2D eigenvalue weighted by Gasteiger charge is -2.30. The molecule has 1 amide bonds. The molecule has 1 atom stereocenters. The lowest BCUT2D eigenvalue weighted by molar-refractivity contribution is 0.121. The van der Waals surface area contributed by atoms with E-state index in [0.717, 1.165) is 0 Å². The monoisotopic (exact) mass is 314 g/mol. The van der Waals surface area contributed by atoms with Crippen molar-refractivity contribution in [2.24, 2.45) is 5.41 Å². The van der Waals surface area contributed by atoms with Crippen LogP contribution in [0.3, 0.4) is 0 Å². The van der Waals surface area contributed by atoms with Crippen LogP contribution in [0, 0.1) is 5.41 Å². The van der Waals surface area contributed by atoms with Crippen molar-refractivity contribution < 1.29 is 17.9 Å². The third-order valence-corrected chi connectivity index (χ3v) is 3.55. The minimum atomic E-state index is -3.96. The molecule has 1 unspecified atom stereocenters. The maximum absolute atomic E-state index is 11.8. The largest absolute Gasteiger partial charge is 0.446 e. The number of amides is 1. The summed E-state index contributed by atoms with van der Waals surface area (Å²) in [6, 6.07) is -0.380. The van der Waals surface area contributed by atoms with E-state index in [2.05, 4.69) is 4.72 Å². The summed E-state index contributed by atoms with van der Waals surface area (Å²) in [5.41, 5.74) is -0.314. The summed E-state index contributed by atoms with van der Waals surface area (Å²) in [4.78, 5) is 11.3. The molecule has 0 aromatic heterocycles. The SMILES string of the molecule is CC(C)OC(=O)NS(=O)(=O)NC(CCCl)C(C)(C)C. The second kappa shape index (κ2) is 7.31. The van der Waals surface area contributed by atoms with E-state index in [1.165, 1.54) is 0 Å². The van der Waals surface area contributed by atoms with Gasteiger partial charge in [-0.05, 0) is 25.7 Å². The normalized spacial score (nSPS) is 14.3. The number of carbonyl (C=O) groups is 1. The molecule has 114 valence electrons. The van der Waals surface area contributed by atoms with Crippen LogP contribution < -0.4 is 9.44 Å². The Morgan fingerprint density at radius 2 is 1.84 bits per heavy atom. The molecule has 8 heteroatoms. The molecule has 2 N–H and O–H groups in total. The van der Waals surface area contributed by atoms with Gasteiger partial charge in [-0.1, -0.05) is 20.8 Å². The van der Waals surface area contributed by atoms with Crippen molar-refractivity contribution in [3.05, 3.63) is 0 Å². The lowest BCUT2D eigenvalue weighted by atomic mass is 9.86. The standard InChI is InChI=1S/C11H23ClN2O4S/c1-8(2)18-10(15)14-19(16,17)13-9(6-7-12)11(3,4)5/h8-9,13H,6-7H2,1-5H3,(H,14,15). The Hall–Kier alpha value is -0.530. The van der Waals surface area contributed by atoms with Gasteiger partial charge in [0.05, 0.1) is 6.10 Å². The van der Waals surface area contributed by atoms with Gasteiger partial charge in [0, 0.05) is 11.9 Å². The summed E-state index contributed by atoms with van der Waals surface area (Å²) in [5.74, 6) is 0.320. The average Bonchev–Trinajstić information content (AvgIpc) is 2.12. The van der Waals surface area contributed by atoms with Gasteiger partial charge in [0.25, 0.3) is 0 Å². The van der Waals surface area contributed by atoms with Crippen LogP contribution in [0.15, 0.2) is 0 Å². The molecular weight excluding hydrogens is 292 g/mol. The molecule has 0 aliphatic heterocycles. The van der Waals surface area contributed by atoms with E-state index < -0.39 is 22.4 Å². The smallest absolute Gasteiger partial charge is 0.422 e. The van der Waals surface area contributed by atoms with Gasteiger partial charge in [-0.15, -0.1) is 11.6 Å². The van der Waals surface area contributed by atoms with Crippen LogP contribution in [0.5, 0.6) is 0 Å². The molecule has 0 aromatic rings. The summed E-state index contributed by atoms with van der Waals surface area (Å²) in [6.45, 7) is 8.92.